The van der Waals surface area contributed by atoms with Gasteiger partial charge in [-0.05, 0) is 48.0 Å². The van der Waals surface area contributed by atoms with Gasteiger partial charge in [-0.15, -0.1) is 0 Å². The molecule has 5 aromatic rings. The van der Waals surface area contributed by atoms with Crippen molar-refractivity contribution in [3.63, 3.8) is 0 Å². The van der Waals surface area contributed by atoms with Gasteiger partial charge in [0.15, 0.2) is 17.0 Å². The fourth-order valence-corrected chi connectivity index (χ4v) is 4.44. The minimum Gasteiger partial charge on any atom is -0.493 e. The maximum Gasteiger partial charge on any atom is 0.283 e. The number of halogens is 1. The molecule has 0 radical (unpaired) electrons. The van der Waals surface area contributed by atoms with Crippen molar-refractivity contribution < 1.29 is 9.47 Å². The summed E-state index contributed by atoms with van der Waals surface area (Å²) in [7, 11) is 5.16. The van der Waals surface area contributed by atoms with Crippen molar-refractivity contribution in [1.82, 2.24) is 14.1 Å². The Morgan fingerprint density at radius 3 is 2.42 bits per heavy atom. The van der Waals surface area contributed by atoms with Crippen LogP contribution in [-0.2, 0) is 13.5 Å². The Kier molecular flexibility index (Phi) is 5.30. The van der Waals surface area contributed by atoms with Crippen LogP contribution in [0.1, 0.15) is 11.4 Å². The van der Waals surface area contributed by atoms with Crippen LogP contribution in [0.5, 0.6) is 11.5 Å². The number of benzene rings is 3. The van der Waals surface area contributed by atoms with Crippen LogP contribution >= 0.6 is 11.6 Å². The predicted octanol–water partition coefficient (Wildman–Crippen LogP) is 5.14. The number of rotatable bonds is 5. The van der Waals surface area contributed by atoms with E-state index in [1.165, 1.54) is 0 Å². The van der Waals surface area contributed by atoms with Crippen LogP contribution in [0.15, 0.2) is 71.5 Å². The van der Waals surface area contributed by atoms with Gasteiger partial charge in [-0.3, -0.25) is 9.36 Å². The largest absolute Gasteiger partial charge is 0.493 e. The van der Waals surface area contributed by atoms with Crippen molar-refractivity contribution in [3.05, 3.63) is 93.5 Å². The van der Waals surface area contributed by atoms with Gasteiger partial charge in [-0.1, -0.05) is 35.9 Å². The Labute approximate surface area is 195 Å². The molecule has 0 saturated heterocycles. The first-order chi connectivity index (χ1) is 16.0. The average molecular weight is 460 g/mol. The summed E-state index contributed by atoms with van der Waals surface area (Å²) in [6, 6.07) is 20.9. The first-order valence-corrected chi connectivity index (χ1v) is 10.9. The molecule has 5 rings (SSSR count). The van der Waals surface area contributed by atoms with E-state index in [1.807, 2.05) is 78.3 Å². The monoisotopic (exact) mass is 459 g/mol. The molecule has 2 heterocycles. The minimum atomic E-state index is -0.180. The number of nitrogens with zero attached hydrogens (tertiary/aromatic N) is 3. The molecule has 0 fully saturated rings. The molecule has 0 unspecified atom stereocenters. The Bertz CT molecular complexity index is 1550. The van der Waals surface area contributed by atoms with Crippen LogP contribution in [0.25, 0.3) is 27.6 Å². The summed E-state index contributed by atoms with van der Waals surface area (Å²) >= 11 is 6.33. The van der Waals surface area contributed by atoms with Gasteiger partial charge in [0.05, 0.1) is 25.3 Å². The second kappa shape index (κ2) is 8.30. The second-order valence-electron chi connectivity index (χ2n) is 7.79. The van der Waals surface area contributed by atoms with Crippen LogP contribution < -0.4 is 15.0 Å². The van der Waals surface area contributed by atoms with Gasteiger partial charge in [0, 0.05) is 29.6 Å². The number of fused-ring (bicyclic) bond motifs is 3. The molecule has 0 bridgehead atoms. The lowest BCUT2D eigenvalue weighted by Gasteiger charge is -2.12. The van der Waals surface area contributed by atoms with E-state index < -0.39 is 0 Å². The number of para-hydroxylation sites is 1. The molecule has 2 aromatic heterocycles. The summed E-state index contributed by atoms with van der Waals surface area (Å²) < 4.78 is 14.4. The number of ether oxygens (including phenoxy) is 2. The van der Waals surface area contributed by atoms with Crippen LogP contribution in [-0.4, -0.2) is 28.3 Å². The van der Waals surface area contributed by atoms with E-state index in [4.69, 9.17) is 26.1 Å². The lowest BCUT2D eigenvalue weighted by atomic mass is 10.1. The lowest BCUT2D eigenvalue weighted by Crippen LogP contribution is -2.19. The second-order valence-corrected chi connectivity index (χ2v) is 8.22. The highest BCUT2D eigenvalue weighted by atomic mass is 35.5. The first kappa shape index (κ1) is 21.1. The molecule has 0 atom stereocenters. The third kappa shape index (κ3) is 3.52. The van der Waals surface area contributed by atoms with E-state index >= 15 is 0 Å². The summed E-state index contributed by atoms with van der Waals surface area (Å²) in [4.78, 5) is 18.5. The van der Waals surface area contributed by atoms with Crippen molar-refractivity contribution >= 4 is 33.5 Å². The Morgan fingerprint density at radius 2 is 1.70 bits per heavy atom. The van der Waals surface area contributed by atoms with E-state index in [0.29, 0.717) is 28.5 Å². The fraction of sp³-hybridized carbons (Fsp3) is 0.154. The van der Waals surface area contributed by atoms with Crippen molar-refractivity contribution in [2.45, 2.75) is 6.42 Å². The van der Waals surface area contributed by atoms with E-state index in [0.717, 1.165) is 33.5 Å². The van der Waals surface area contributed by atoms with Crippen LogP contribution in [0.3, 0.4) is 0 Å². The summed E-state index contributed by atoms with van der Waals surface area (Å²) in [5.74, 6) is 2.09. The zero-order valence-electron chi connectivity index (χ0n) is 18.5. The number of imidazole rings is 1. The molecule has 7 heteroatoms. The lowest BCUT2D eigenvalue weighted by molar-refractivity contribution is 0.354. The van der Waals surface area contributed by atoms with Crippen LogP contribution in [0, 0.1) is 0 Å². The molecule has 6 nitrogen and oxygen atoms in total. The number of aryl methyl sites for hydroxylation is 1. The molecule has 0 spiro atoms. The molecular formula is C26H22ClN3O3. The van der Waals surface area contributed by atoms with Gasteiger partial charge in [-0.2, -0.15) is 0 Å². The maximum atomic E-state index is 13.7. The number of hydrogen-bond donors (Lipinski definition) is 0. The van der Waals surface area contributed by atoms with Crippen molar-refractivity contribution in [2.24, 2.45) is 7.05 Å². The molecule has 3 aromatic carbocycles. The van der Waals surface area contributed by atoms with Crippen molar-refractivity contribution in [3.8, 4) is 17.2 Å². The summed E-state index contributed by atoms with van der Waals surface area (Å²) in [5.41, 5.74) is 3.54. The highest BCUT2D eigenvalue weighted by Crippen LogP contribution is 2.31. The SMILES string of the molecule is COc1ccc(Cc2nc3c(=O)n(-c4ccccc4)c4cc(Cl)ccc4c3n2C)cc1OC. The van der Waals surface area contributed by atoms with E-state index in [1.54, 1.807) is 18.8 Å². The molecule has 0 aliphatic rings. The van der Waals surface area contributed by atoms with Crippen molar-refractivity contribution in [2.75, 3.05) is 14.2 Å². The summed E-state index contributed by atoms with van der Waals surface area (Å²) in [6.07, 6.45) is 0.533. The zero-order chi connectivity index (χ0) is 23.1. The fourth-order valence-electron chi connectivity index (χ4n) is 4.27. The molecule has 0 aliphatic heterocycles. The number of pyridine rings is 1. The van der Waals surface area contributed by atoms with E-state index in [2.05, 4.69) is 0 Å². The molecule has 166 valence electrons. The topological polar surface area (TPSA) is 58.3 Å². The molecule has 33 heavy (non-hydrogen) atoms. The third-order valence-corrected chi connectivity index (χ3v) is 6.11. The maximum absolute atomic E-state index is 13.7. The Balaban J connectivity index is 1.75. The number of aromatic nitrogens is 3. The normalized spacial score (nSPS) is 11.3. The first-order valence-electron chi connectivity index (χ1n) is 10.5. The average Bonchev–Trinajstić information content (AvgIpc) is 3.16. The van der Waals surface area contributed by atoms with Gasteiger partial charge in [0.25, 0.3) is 5.56 Å². The summed E-state index contributed by atoms with van der Waals surface area (Å²) in [6.45, 7) is 0. The quantitative estimate of drug-likeness (QED) is 0.365. The van der Waals surface area contributed by atoms with Gasteiger partial charge in [0.2, 0.25) is 0 Å². The van der Waals surface area contributed by atoms with E-state index in [9.17, 15) is 4.79 Å². The zero-order valence-corrected chi connectivity index (χ0v) is 19.3. The summed E-state index contributed by atoms with van der Waals surface area (Å²) in [5, 5.41) is 1.48. The van der Waals surface area contributed by atoms with Gasteiger partial charge in [0.1, 0.15) is 5.82 Å². The Hall–Kier alpha value is -3.77. The van der Waals surface area contributed by atoms with Crippen LogP contribution in [0.2, 0.25) is 5.02 Å². The predicted molar refractivity (Wildman–Crippen MR) is 131 cm³/mol. The van der Waals surface area contributed by atoms with E-state index in [-0.39, 0.29) is 5.56 Å². The smallest absolute Gasteiger partial charge is 0.283 e. The van der Waals surface area contributed by atoms with Gasteiger partial charge in [-0.25, -0.2) is 4.98 Å². The molecular weight excluding hydrogens is 438 g/mol. The van der Waals surface area contributed by atoms with Crippen LogP contribution in [0.4, 0.5) is 0 Å². The minimum absolute atomic E-state index is 0.180. The highest BCUT2D eigenvalue weighted by molar-refractivity contribution is 6.31. The molecule has 0 N–H and O–H groups in total. The molecule has 0 saturated carbocycles. The number of hydrogen-bond acceptors (Lipinski definition) is 4. The molecule has 0 aliphatic carbocycles. The van der Waals surface area contributed by atoms with Gasteiger partial charge < -0.3 is 14.0 Å². The number of methoxy groups -OCH3 is 2. The molecule has 0 amide bonds. The van der Waals surface area contributed by atoms with Crippen molar-refractivity contribution in [1.29, 1.82) is 0 Å². The standard InChI is InChI=1S/C26H22ClN3O3/c1-29-23(14-16-9-12-21(32-2)22(13-16)33-3)28-24-25(29)19-11-10-17(27)15-20(19)30(26(24)31)18-7-5-4-6-8-18/h4-13,15H,14H2,1-3H3. The highest BCUT2D eigenvalue weighted by Gasteiger charge is 2.19. The Morgan fingerprint density at radius 1 is 0.939 bits per heavy atom. The van der Waals surface area contributed by atoms with Gasteiger partial charge >= 0.3 is 0 Å². The third-order valence-electron chi connectivity index (χ3n) is 5.87.